The fourth-order valence-electron chi connectivity index (χ4n) is 4.20. The second-order valence-corrected chi connectivity index (χ2v) is 10.8. The molecule has 2 aliphatic heterocycles. The molecule has 1 fully saturated rings. The van der Waals surface area contributed by atoms with Crippen molar-refractivity contribution in [2.75, 3.05) is 43.6 Å². The van der Waals surface area contributed by atoms with Crippen LogP contribution >= 0.6 is 12.2 Å². The maximum Gasteiger partial charge on any atom is 0.264 e. The van der Waals surface area contributed by atoms with Gasteiger partial charge in [-0.1, -0.05) is 18.2 Å². The lowest BCUT2D eigenvalue weighted by Crippen LogP contribution is -2.51. The number of thiocarbonyl (C=S) groups is 1. The Morgan fingerprint density at radius 2 is 1.82 bits per heavy atom. The average molecular weight is 558 g/mol. The van der Waals surface area contributed by atoms with E-state index in [0.717, 1.165) is 76.2 Å². The van der Waals surface area contributed by atoms with Crippen molar-refractivity contribution < 1.29 is 26.9 Å². The van der Waals surface area contributed by atoms with Crippen LogP contribution in [0.2, 0.25) is 0 Å². The number of piperazine rings is 1. The third-order valence-corrected chi connectivity index (χ3v) is 7.38. The Balaban J connectivity index is 0.000000443. The SMILES string of the molecule is CCS(=O)(=O)O.S=C(NCc1ccc2c(c1)OCO2)N1CCN(c2ncnc3c2oc2ccccc23)CC1. The van der Waals surface area contributed by atoms with Crippen molar-refractivity contribution in [2.45, 2.75) is 13.5 Å². The van der Waals surface area contributed by atoms with Gasteiger partial charge in [-0.2, -0.15) is 8.42 Å². The number of anilines is 1. The summed E-state index contributed by atoms with van der Waals surface area (Å²) in [5.74, 6) is 2.21. The molecule has 0 unspecified atom stereocenters. The first-order chi connectivity index (χ1) is 18.3. The Hall–Kier alpha value is -3.68. The molecule has 1 saturated heterocycles. The summed E-state index contributed by atoms with van der Waals surface area (Å²) in [6.45, 7) is 5.50. The normalized spacial score (nSPS) is 14.9. The minimum absolute atomic E-state index is 0.201. The van der Waals surface area contributed by atoms with Crippen molar-refractivity contribution >= 4 is 55.3 Å². The number of fused-ring (bicyclic) bond motifs is 4. The highest BCUT2D eigenvalue weighted by Gasteiger charge is 2.24. The third kappa shape index (κ3) is 5.74. The standard InChI is InChI=1S/C23H21N5O3S.C2H6O3S/c32-23(24-12-15-5-6-18-19(11-15)30-14-29-18)28-9-7-27(8-10-28)22-21-20(25-13-26-22)16-3-1-2-4-17(16)31-21;1-2-6(3,4)5/h1-6,11,13H,7-10,12,14H2,(H,24,32);2H2,1H3,(H,3,4,5). The van der Waals surface area contributed by atoms with E-state index in [0.29, 0.717) is 6.54 Å². The summed E-state index contributed by atoms with van der Waals surface area (Å²) in [4.78, 5) is 13.4. The van der Waals surface area contributed by atoms with E-state index in [9.17, 15) is 8.42 Å². The van der Waals surface area contributed by atoms with Crippen LogP contribution in [0, 0.1) is 0 Å². The van der Waals surface area contributed by atoms with Crippen molar-refractivity contribution in [3.8, 4) is 11.5 Å². The molecule has 2 N–H and O–H groups in total. The van der Waals surface area contributed by atoms with Gasteiger partial charge in [0.15, 0.2) is 28.0 Å². The topological polar surface area (TPSA) is 130 Å². The Morgan fingerprint density at radius 3 is 2.58 bits per heavy atom. The molecular weight excluding hydrogens is 530 g/mol. The van der Waals surface area contributed by atoms with Gasteiger partial charge in [-0.05, 0) is 49.0 Å². The highest BCUT2D eigenvalue weighted by molar-refractivity contribution is 7.85. The zero-order chi connectivity index (χ0) is 26.7. The van der Waals surface area contributed by atoms with Crippen molar-refractivity contribution in [2.24, 2.45) is 0 Å². The van der Waals surface area contributed by atoms with Gasteiger partial charge < -0.3 is 29.0 Å². The van der Waals surface area contributed by atoms with Crippen molar-refractivity contribution in [3.05, 3.63) is 54.4 Å². The molecule has 4 aromatic rings. The molecule has 0 aliphatic carbocycles. The molecule has 6 rings (SSSR count). The first-order valence-electron chi connectivity index (χ1n) is 12.1. The predicted octanol–water partition coefficient (Wildman–Crippen LogP) is 3.20. The fraction of sp³-hybridized carbons (Fsp3) is 0.320. The summed E-state index contributed by atoms with van der Waals surface area (Å²) in [7, 11) is -3.66. The number of ether oxygens (including phenoxy) is 2. The number of para-hydroxylation sites is 1. The Labute approximate surface area is 225 Å². The number of nitrogens with one attached hydrogen (secondary N) is 1. The Kier molecular flexibility index (Phi) is 7.49. The zero-order valence-corrected chi connectivity index (χ0v) is 22.3. The van der Waals surface area contributed by atoms with Gasteiger partial charge in [0.05, 0.1) is 5.75 Å². The molecule has 0 spiro atoms. The van der Waals surface area contributed by atoms with Crippen LogP contribution in [0.3, 0.4) is 0 Å². The van der Waals surface area contributed by atoms with Gasteiger partial charge in [-0.15, -0.1) is 0 Å². The van der Waals surface area contributed by atoms with Crippen LogP contribution in [-0.4, -0.2) is 71.7 Å². The minimum Gasteiger partial charge on any atom is -0.454 e. The van der Waals surface area contributed by atoms with Gasteiger partial charge in [0.1, 0.15) is 17.4 Å². The van der Waals surface area contributed by atoms with E-state index in [1.54, 1.807) is 6.33 Å². The Bertz CT molecular complexity index is 1570. The smallest absolute Gasteiger partial charge is 0.264 e. The Morgan fingerprint density at radius 1 is 1.08 bits per heavy atom. The average Bonchev–Trinajstić information content (AvgIpc) is 3.56. The molecule has 0 bridgehead atoms. The maximum atomic E-state index is 9.56. The molecule has 0 radical (unpaired) electrons. The van der Waals surface area contributed by atoms with Gasteiger partial charge in [0.25, 0.3) is 10.1 Å². The van der Waals surface area contributed by atoms with Crippen molar-refractivity contribution in [1.82, 2.24) is 20.2 Å². The lowest BCUT2D eigenvalue weighted by molar-refractivity contribution is 0.174. The summed E-state index contributed by atoms with van der Waals surface area (Å²) in [5.41, 5.74) is 3.53. The number of benzene rings is 2. The highest BCUT2D eigenvalue weighted by Crippen LogP contribution is 2.33. The zero-order valence-electron chi connectivity index (χ0n) is 20.7. The van der Waals surface area contributed by atoms with Crippen LogP contribution in [0.15, 0.2) is 53.2 Å². The lowest BCUT2D eigenvalue weighted by atomic mass is 10.2. The van der Waals surface area contributed by atoms with E-state index in [2.05, 4.69) is 25.1 Å². The number of nitrogens with zero attached hydrogens (tertiary/aromatic N) is 4. The lowest BCUT2D eigenvalue weighted by Gasteiger charge is -2.36. The summed E-state index contributed by atoms with van der Waals surface area (Å²) in [6.07, 6.45) is 1.61. The van der Waals surface area contributed by atoms with E-state index >= 15 is 0 Å². The summed E-state index contributed by atoms with van der Waals surface area (Å²) in [6, 6.07) is 13.9. The van der Waals surface area contributed by atoms with Crippen molar-refractivity contribution in [1.29, 1.82) is 0 Å². The van der Waals surface area contributed by atoms with Crippen molar-refractivity contribution in [3.63, 3.8) is 0 Å². The van der Waals surface area contributed by atoms with Gasteiger partial charge in [-0.25, -0.2) is 9.97 Å². The van der Waals surface area contributed by atoms with E-state index < -0.39 is 10.1 Å². The molecule has 2 aromatic heterocycles. The molecule has 11 nitrogen and oxygen atoms in total. The maximum absolute atomic E-state index is 9.56. The first-order valence-corrected chi connectivity index (χ1v) is 14.1. The van der Waals surface area contributed by atoms with Crippen LogP contribution in [0.1, 0.15) is 12.5 Å². The molecule has 13 heteroatoms. The van der Waals surface area contributed by atoms with Gasteiger partial charge >= 0.3 is 0 Å². The monoisotopic (exact) mass is 557 g/mol. The number of hydrogen-bond acceptors (Lipinski definition) is 9. The number of furan rings is 1. The molecular formula is C25H27N5O6S2. The minimum atomic E-state index is -3.66. The number of aromatic nitrogens is 2. The first kappa shape index (κ1) is 25.9. The second-order valence-electron chi connectivity index (χ2n) is 8.66. The fourth-order valence-corrected chi connectivity index (χ4v) is 4.45. The molecule has 0 atom stereocenters. The predicted molar refractivity (Wildman–Crippen MR) is 147 cm³/mol. The molecule has 2 aromatic carbocycles. The molecule has 0 amide bonds. The highest BCUT2D eigenvalue weighted by atomic mass is 32.2. The quantitative estimate of drug-likeness (QED) is 0.282. The van der Waals surface area contributed by atoms with E-state index in [4.69, 9.17) is 30.7 Å². The van der Waals surface area contributed by atoms with E-state index in [1.165, 1.54) is 6.92 Å². The number of hydrogen-bond donors (Lipinski definition) is 2. The summed E-state index contributed by atoms with van der Waals surface area (Å²) < 4.78 is 43.8. The molecule has 4 heterocycles. The summed E-state index contributed by atoms with van der Waals surface area (Å²) in [5, 5.41) is 5.12. The van der Waals surface area contributed by atoms with Crippen LogP contribution in [0.5, 0.6) is 11.5 Å². The van der Waals surface area contributed by atoms with Crippen LogP contribution < -0.4 is 19.7 Å². The van der Waals surface area contributed by atoms with Crippen LogP contribution in [0.25, 0.3) is 22.1 Å². The van der Waals surface area contributed by atoms with Crippen LogP contribution in [0.4, 0.5) is 5.82 Å². The number of rotatable bonds is 4. The molecule has 0 saturated carbocycles. The van der Waals surface area contributed by atoms with E-state index in [1.807, 2.05) is 42.5 Å². The van der Waals surface area contributed by atoms with Gasteiger partial charge in [0.2, 0.25) is 6.79 Å². The summed E-state index contributed by atoms with van der Waals surface area (Å²) >= 11 is 5.64. The van der Waals surface area contributed by atoms with E-state index in [-0.39, 0.29) is 12.5 Å². The molecule has 2 aliphatic rings. The molecule has 38 heavy (non-hydrogen) atoms. The third-order valence-electron chi connectivity index (χ3n) is 6.25. The second kappa shape index (κ2) is 11.0. The molecule has 200 valence electrons. The van der Waals surface area contributed by atoms with Gasteiger partial charge in [-0.3, -0.25) is 4.55 Å². The van der Waals surface area contributed by atoms with Gasteiger partial charge in [0, 0.05) is 38.1 Å². The van der Waals surface area contributed by atoms with Crippen LogP contribution in [-0.2, 0) is 16.7 Å². The largest absolute Gasteiger partial charge is 0.454 e.